The second-order valence-electron chi connectivity index (χ2n) is 26.2. The molecule has 2 aliphatic rings. The highest BCUT2D eigenvalue weighted by molar-refractivity contribution is 6.37. The standard InChI is InChI=1S/C91H51N3O6/c95-86-66-28-13-17-53-18-14-29-67(81(53)66)87(96)85(86)61-25-2-1-21-57(61)72-49-71(52-39-43-56(44-40-52)93-76-34-10-5-27-65(76)84-78(93)48-46-63-60-24-7-12-36-80(60)100-89(63)84)73(58-22-3-8-32-74(58)94-90(97)68-30-15-19-54-20-16-31-69(82(54)68)91(94)98)50-70(72)51-37-41-55(42-38-51)92-75-33-9-4-26-64(75)83-77(92)47-45-62-59-23-6-11-35-79(59)99-88(62)83/h1-50,85H. The number of ketones is 2. The number of furan rings is 2. The molecule has 0 atom stereocenters. The third-order valence-electron chi connectivity index (χ3n) is 21.1. The van der Waals surface area contributed by atoms with Gasteiger partial charge in [-0.2, -0.15) is 0 Å². The summed E-state index contributed by atoms with van der Waals surface area (Å²) in [6, 6.07) is 101. The van der Waals surface area contributed by atoms with Gasteiger partial charge in [-0.3, -0.25) is 19.2 Å². The number of hydrogen-bond acceptors (Lipinski definition) is 6. The maximum atomic E-state index is 15.4. The Labute approximate surface area is 569 Å². The smallest absolute Gasteiger partial charge is 0.266 e. The molecule has 4 aromatic heterocycles. The Balaban J connectivity index is 0.808. The first-order valence-electron chi connectivity index (χ1n) is 33.6. The molecule has 19 aromatic rings. The maximum Gasteiger partial charge on any atom is 0.266 e. The second-order valence-corrected chi connectivity index (χ2v) is 26.2. The van der Waals surface area contributed by atoms with Crippen LogP contribution in [0.2, 0.25) is 0 Å². The predicted octanol–water partition coefficient (Wildman–Crippen LogP) is 22.6. The summed E-state index contributed by atoms with van der Waals surface area (Å²) in [5.74, 6) is -2.55. The van der Waals surface area contributed by atoms with E-state index in [0.717, 1.165) is 143 Å². The summed E-state index contributed by atoms with van der Waals surface area (Å²) >= 11 is 0. The van der Waals surface area contributed by atoms with Crippen molar-refractivity contribution in [1.29, 1.82) is 0 Å². The van der Waals surface area contributed by atoms with Crippen LogP contribution in [-0.2, 0) is 0 Å². The minimum absolute atomic E-state index is 0.264. The molecule has 0 unspecified atom stereocenters. The molecule has 2 amide bonds. The molecule has 0 fully saturated rings. The van der Waals surface area contributed by atoms with Gasteiger partial charge >= 0.3 is 0 Å². The average Bonchev–Trinajstić information content (AvgIpc) is 1.51. The van der Waals surface area contributed by atoms with E-state index in [9.17, 15) is 0 Å². The lowest BCUT2D eigenvalue weighted by Gasteiger charge is -2.30. The molecule has 9 nitrogen and oxygen atoms in total. The van der Waals surface area contributed by atoms with E-state index in [4.69, 9.17) is 8.83 Å². The summed E-state index contributed by atoms with van der Waals surface area (Å²) in [5.41, 5.74) is 18.1. The average molecular weight is 1280 g/mol. The van der Waals surface area contributed by atoms with Crippen molar-refractivity contribution in [3.05, 3.63) is 331 Å². The SMILES string of the molecule is O=C1c2cccc3cccc(c23)C(=O)C1c1ccccc1-c1cc(-c2ccc(-n3c4ccccc4c4c5oc6ccccc6c5ccc43)cc2)c(-c2ccccc2N2C(=O)c3cccc4cccc(c34)C2=O)cc1-c1ccc(-n2c3ccccc3c3c4oc5ccccc5c4ccc32)cc1. The molecule has 0 N–H and O–H groups in total. The largest absolute Gasteiger partial charge is 0.455 e. The summed E-state index contributed by atoms with van der Waals surface area (Å²) in [4.78, 5) is 62.9. The summed E-state index contributed by atoms with van der Waals surface area (Å²) < 4.78 is 18.0. The molecule has 0 radical (unpaired) electrons. The van der Waals surface area contributed by atoms with Crippen molar-refractivity contribution in [2.75, 3.05) is 4.90 Å². The summed E-state index contributed by atoms with van der Waals surface area (Å²) in [7, 11) is 0. The Hall–Kier alpha value is -13.5. The molecule has 0 saturated carbocycles. The molecule has 466 valence electrons. The lowest BCUT2D eigenvalue weighted by molar-refractivity contribution is 0.0850. The fraction of sp³-hybridized carbons (Fsp3) is 0.0110. The molecule has 21 rings (SSSR count). The van der Waals surface area contributed by atoms with Crippen molar-refractivity contribution in [1.82, 2.24) is 9.13 Å². The molecule has 1 aliphatic carbocycles. The lowest BCUT2D eigenvalue weighted by atomic mass is 9.74. The minimum Gasteiger partial charge on any atom is -0.455 e. The van der Waals surface area contributed by atoms with Crippen LogP contribution in [0.4, 0.5) is 5.69 Å². The first kappa shape index (κ1) is 55.8. The highest BCUT2D eigenvalue weighted by Gasteiger charge is 2.40. The van der Waals surface area contributed by atoms with Crippen LogP contribution in [-0.4, -0.2) is 32.5 Å². The monoisotopic (exact) mass is 1280 g/mol. The van der Waals surface area contributed by atoms with E-state index < -0.39 is 17.7 Å². The number of carbonyl (C=O) groups excluding carboxylic acids is 4. The quantitative estimate of drug-likeness (QED) is 0.111. The van der Waals surface area contributed by atoms with E-state index in [1.807, 2.05) is 146 Å². The van der Waals surface area contributed by atoms with E-state index in [0.29, 0.717) is 55.4 Å². The van der Waals surface area contributed by atoms with Gasteiger partial charge in [0.25, 0.3) is 11.8 Å². The number of anilines is 1. The number of hydrogen-bond donors (Lipinski definition) is 0. The van der Waals surface area contributed by atoms with E-state index >= 15 is 19.2 Å². The number of nitrogens with zero attached hydrogens (tertiary/aromatic N) is 3. The van der Waals surface area contributed by atoms with Crippen LogP contribution in [0.15, 0.2) is 312 Å². The predicted molar refractivity (Wildman–Crippen MR) is 402 cm³/mol. The van der Waals surface area contributed by atoms with Gasteiger partial charge in [-0.25, -0.2) is 4.90 Å². The Bertz CT molecular complexity index is 6360. The zero-order valence-electron chi connectivity index (χ0n) is 53.2. The summed E-state index contributed by atoms with van der Waals surface area (Å²) in [6.07, 6.45) is 0. The molecular formula is C91H51N3O6. The van der Waals surface area contributed by atoms with E-state index in [-0.39, 0.29) is 11.6 Å². The lowest BCUT2D eigenvalue weighted by Crippen LogP contribution is -2.40. The fourth-order valence-electron chi connectivity index (χ4n) is 16.7. The van der Waals surface area contributed by atoms with Crippen LogP contribution in [0, 0.1) is 0 Å². The second kappa shape index (κ2) is 21.0. The van der Waals surface area contributed by atoms with E-state index in [2.05, 4.69) is 155 Å². The molecule has 5 heterocycles. The van der Waals surface area contributed by atoms with Gasteiger partial charge in [0.1, 0.15) is 28.2 Å². The normalized spacial score (nSPS) is 13.4. The number of para-hydroxylation sites is 5. The zero-order chi connectivity index (χ0) is 66.2. The molecule has 9 heteroatoms. The van der Waals surface area contributed by atoms with Crippen LogP contribution in [0.1, 0.15) is 52.9 Å². The molecule has 0 saturated heterocycles. The maximum absolute atomic E-state index is 15.4. The molecule has 100 heavy (non-hydrogen) atoms. The highest BCUT2D eigenvalue weighted by Crippen LogP contribution is 2.51. The van der Waals surface area contributed by atoms with Crippen LogP contribution >= 0.6 is 0 Å². The van der Waals surface area contributed by atoms with Crippen LogP contribution in [0.5, 0.6) is 0 Å². The van der Waals surface area contributed by atoms with Crippen LogP contribution in [0.3, 0.4) is 0 Å². The molecule has 0 spiro atoms. The third-order valence-corrected chi connectivity index (χ3v) is 21.1. The Morgan fingerprint density at radius 3 is 1.18 bits per heavy atom. The Morgan fingerprint density at radius 2 is 0.670 bits per heavy atom. The van der Waals surface area contributed by atoms with Crippen LogP contribution in [0.25, 0.3) is 165 Å². The molecule has 15 aromatic carbocycles. The molecular weight excluding hydrogens is 1230 g/mol. The Kier molecular flexibility index (Phi) is 11.7. The van der Waals surface area contributed by atoms with Crippen LogP contribution < -0.4 is 4.90 Å². The van der Waals surface area contributed by atoms with Crippen molar-refractivity contribution in [3.8, 4) is 55.9 Å². The number of amides is 2. The van der Waals surface area contributed by atoms with Gasteiger partial charge in [0.2, 0.25) is 0 Å². The number of benzene rings is 15. The summed E-state index contributed by atoms with van der Waals surface area (Å²) in [5, 5.41) is 11.3. The van der Waals surface area contributed by atoms with Gasteiger partial charge in [0.05, 0.1) is 38.5 Å². The van der Waals surface area contributed by atoms with E-state index in [1.54, 1.807) is 12.1 Å². The molecule has 0 bridgehead atoms. The van der Waals surface area contributed by atoms with E-state index in [1.165, 1.54) is 4.90 Å². The van der Waals surface area contributed by atoms with Crippen molar-refractivity contribution < 1.29 is 28.0 Å². The topological polar surface area (TPSA) is 108 Å². The van der Waals surface area contributed by atoms with Gasteiger partial charge in [0, 0.05) is 82.3 Å². The first-order valence-corrected chi connectivity index (χ1v) is 33.6. The number of carbonyl (C=O) groups is 4. The summed E-state index contributed by atoms with van der Waals surface area (Å²) in [6.45, 7) is 0. The van der Waals surface area contributed by atoms with Gasteiger partial charge in [0.15, 0.2) is 11.6 Å². The van der Waals surface area contributed by atoms with Crippen molar-refractivity contribution in [2.45, 2.75) is 5.92 Å². The zero-order valence-corrected chi connectivity index (χ0v) is 53.2. The number of rotatable bonds is 8. The number of fused-ring (bicyclic) bond motifs is 14. The van der Waals surface area contributed by atoms with Gasteiger partial charge in [-0.05, 0) is 158 Å². The van der Waals surface area contributed by atoms with Crippen molar-refractivity contribution in [3.63, 3.8) is 0 Å². The molecule has 1 aliphatic heterocycles. The Morgan fingerprint density at radius 1 is 0.270 bits per heavy atom. The van der Waals surface area contributed by atoms with Gasteiger partial charge in [-0.1, -0.05) is 200 Å². The number of Topliss-reactive ketones (excluding diaryl/α,β-unsaturated/α-hetero) is 2. The third kappa shape index (κ3) is 7.82. The van der Waals surface area contributed by atoms with Gasteiger partial charge in [-0.15, -0.1) is 0 Å². The number of imide groups is 1. The minimum atomic E-state index is -1.17. The number of aromatic nitrogens is 2. The first-order chi connectivity index (χ1) is 49.3. The van der Waals surface area contributed by atoms with Gasteiger partial charge < -0.3 is 18.0 Å². The van der Waals surface area contributed by atoms with Crippen molar-refractivity contribution in [2.24, 2.45) is 0 Å². The highest BCUT2D eigenvalue weighted by atomic mass is 16.3. The fourth-order valence-corrected chi connectivity index (χ4v) is 16.7. The van der Waals surface area contributed by atoms with Crippen molar-refractivity contribution >= 4 is 138 Å².